The van der Waals surface area contributed by atoms with E-state index in [-0.39, 0.29) is 24.1 Å². The third kappa shape index (κ3) is 2.58. The Morgan fingerprint density at radius 3 is 2.56 bits per heavy atom. The smallest absolute Gasteiger partial charge is 0.409 e. The van der Waals surface area contributed by atoms with E-state index in [1.165, 1.54) is 0 Å². The summed E-state index contributed by atoms with van der Waals surface area (Å²) < 4.78 is 9.97. The lowest BCUT2D eigenvalue weighted by Gasteiger charge is -2.18. The van der Waals surface area contributed by atoms with E-state index in [1.807, 2.05) is 0 Å². The molecule has 0 spiro atoms. The standard InChI is InChI=1S/C12H20N2O4/c1-3-17-11(15)9-5-8-6-14(7-10(8)13-9)12(16)18-4-2/h8-10,13H,3-7H2,1-2H3/t8-,9+,10-/m1/s1. The minimum absolute atomic E-state index is 0.184. The van der Waals surface area contributed by atoms with Crippen LogP contribution in [-0.4, -0.2) is 55.3 Å². The first-order chi connectivity index (χ1) is 8.65. The van der Waals surface area contributed by atoms with Crippen molar-refractivity contribution < 1.29 is 19.1 Å². The minimum atomic E-state index is -0.263. The first kappa shape index (κ1) is 13.1. The molecule has 0 unspecified atom stereocenters. The largest absolute Gasteiger partial charge is 0.465 e. The summed E-state index contributed by atoms with van der Waals surface area (Å²) >= 11 is 0. The molecule has 2 rings (SSSR count). The topological polar surface area (TPSA) is 67.9 Å². The second kappa shape index (κ2) is 5.56. The van der Waals surface area contributed by atoms with Crippen LogP contribution in [0.4, 0.5) is 4.79 Å². The maximum atomic E-state index is 11.6. The zero-order chi connectivity index (χ0) is 13.1. The Balaban J connectivity index is 1.84. The van der Waals surface area contributed by atoms with E-state index < -0.39 is 0 Å². The molecule has 6 heteroatoms. The molecule has 0 aromatic carbocycles. The Bertz CT molecular complexity index is 290. The molecule has 1 N–H and O–H groups in total. The molecule has 0 radical (unpaired) electrons. The molecule has 1 amide bonds. The van der Waals surface area contributed by atoms with Crippen LogP contribution in [-0.2, 0) is 14.3 Å². The summed E-state index contributed by atoms with van der Waals surface area (Å²) in [6, 6.07) is -0.0342. The van der Waals surface area contributed by atoms with Crippen molar-refractivity contribution in [2.75, 3.05) is 26.3 Å². The van der Waals surface area contributed by atoms with Crippen molar-refractivity contribution in [2.45, 2.75) is 32.4 Å². The number of esters is 1. The summed E-state index contributed by atoms with van der Waals surface area (Å²) in [5, 5.41) is 3.24. The fourth-order valence-corrected chi connectivity index (χ4v) is 2.70. The van der Waals surface area contributed by atoms with Crippen LogP contribution in [0.25, 0.3) is 0 Å². The van der Waals surface area contributed by atoms with Gasteiger partial charge in [-0.1, -0.05) is 0 Å². The van der Waals surface area contributed by atoms with Crippen LogP contribution >= 0.6 is 0 Å². The maximum Gasteiger partial charge on any atom is 0.409 e. The number of carbonyl (C=O) groups excluding carboxylic acids is 2. The molecule has 102 valence electrons. The van der Waals surface area contributed by atoms with Crippen LogP contribution in [0.5, 0.6) is 0 Å². The average molecular weight is 256 g/mol. The Morgan fingerprint density at radius 2 is 1.94 bits per heavy atom. The van der Waals surface area contributed by atoms with Crippen molar-refractivity contribution in [1.82, 2.24) is 10.2 Å². The fraction of sp³-hybridized carbons (Fsp3) is 0.833. The van der Waals surface area contributed by atoms with Crippen molar-refractivity contribution >= 4 is 12.1 Å². The Morgan fingerprint density at radius 1 is 1.22 bits per heavy atom. The van der Waals surface area contributed by atoms with E-state index >= 15 is 0 Å². The maximum absolute atomic E-state index is 11.6. The average Bonchev–Trinajstić information content (AvgIpc) is 2.86. The predicted octanol–water partition coefficient (Wildman–Crippen LogP) is 0.368. The molecule has 2 fully saturated rings. The molecular formula is C12H20N2O4. The summed E-state index contributed by atoms with van der Waals surface area (Å²) in [5.41, 5.74) is 0. The molecule has 6 nitrogen and oxygen atoms in total. The van der Waals surface area contributed by atoms with Gasteiger partial charge in [-0.3, -0.25) is 10.1 Å². The van der Waals surface area contributed by atoms with Crippen molar-refractivity contribution in [1.29, 1.82) is 0 Å². The Labute approximate surface area is 107 Å². The molecular weight excluding hydrogens is 236 g/mol. The minimum Gasteiger partial charge on any atom is -0.465 e. The van der Waals surface area contributed by atoms with Gasteiger partial charge in [0, 0.05) is 19.1 Å². The molecule has 0 aromatic rings. The number of carbonyl (C=O) groups is 2. The van der Waals surface area contributed by atoms with E-state index in [9.17, 15) is 9.59 Å². The van der Waals surface area contributed by atoms with Crippen LogP contribution in [0.2, 0.25) is 0 Å². The van der Waals surface area contributed by atoms with Crippen molar-refractivity contribution in [3.05, 3.63) is 0 Å². The number of rotatable bonds is 3. The van der Waals surface area contributed by atoms with Gasteiger partial charge < -0.3 is 14.4 Å². The van der Waals surface area contributed by atoms with Gasteiger partial charge in [-0.05, 0) is 26.2 Å². The van der Waals surface area contributed by atoms with Gasteiger partial charge in [-0.15, -0.1) is 0 Å². The van der Waals surface area contributed by atoms with Gasteiger partial charge in [-0.25, -0.2) is 4.79 Å². The van der Waals surface area contributed by atoms with Gasteiger partial charge >= 0.3 is 12.1 Å². The molecule has 2 aliphatic rings. The Kier molecular flexibility index (Phi) is 4.06. The number of hydrogen-bond acceptors (Lipinski definition) is 5. The Hall–Kier alpha value is -1.30. The summed E-state index contributed by atoms with van der Waals surface area (Å²) in [6.45, 7) is 5.66. The highest BCUT2D eigenvalue weighted by atomic mass is 16.6. The number of likely N-dealkylation sites (tertiary alicyclic amines) is 1. The molecule has 18 heavy (non-hydrogen) atoms. The zero-order valence-electron chi connectivity index (χ0n) is 10.8. The summed E-state index contributed by atoms with van der Waals surface area (Å²) in [7, 11) is 0. The number of nitrogens with one attached hydrogen (secondary N) is 1. The van der Waals surface area contributed by atoms with E-state index in [2.05, 4.69) is 5.32 Å². The normalized spacial score (nSPS) is 30.1. The summed E-state index contributed by atoms with van der Waals surface area (Å²) in [5.74, 6) is 0.137. The number of ether oxygens (including phenoxy) is 2. The molecule has 2 aliphatic heterocycles. The fourth-order valence-electron chi connectivity index (χ4n) is 2.70. The van der Waals surface area contributed by atoms with Crippen LogP contribution in [0, 0.1) is 5.92 Å². The lowest BCUT2D eigenvalue weighted by atomic mass is 10.0. The van der Waals surface area contributed by atoms with Gasteiger partial charge in [0.25, 0.3) is 0 Å². The van der Waals surface area contributed by atoms with Crippen LogP contribution < -0.4 is 5.32 Å². The molecule has 0 aromatic heterocycles. The van der Waals surface area contributed by atoms with Gasteiger partial charge in [0.15, 0.2) is 0 Å². The van der Waals surface area contributed by atoms with E-state index in [0.717, 1.165) is 6.42 Å². The first-order valence-corrected chi connectivity index (χ1v) is 6.50. The monoisotopic (exact) mass is 256 g/mol. The molecule has 3 atom stereocenters. The SMILES string of the molecule is CCOC(=O)[C@@H]1C[C@@H]2CN(C(=O)OCC)C[C@H]2N1. The van der Waals surface area contributed by atoms with Crippen molar-refractivity contribution in [3.63, 3.8) is 0 Å². The van der Waals surface area contributed by atoms with E-state index in [1.54, 1.807) is 18.7 Å². The number of hydrogen-bond donors (Lipinski definition) is 1. The third-order valence-electron chi connectivity index (χ3n) is 3.49. The van der Waals surface area contributed by atoms with Crippen LogP contribution in [0.15, 0.2) is 0 Å². The van der Waals surface area contributed by atoms with Crippen molar-refractivity contribution in [3.8, 4) is 0 Å². The van der Waals surface area contributed by atoms with Gasteiger partial charge in [0.1, 0.15) is 6.04 Å². The second-order valence-corrected chi connectivity index (χ2v) is 4.68. The third-order valence-corrected chi connectivity index (χ3v) is 3.49. The van der Waals surface area contributed by atoms with Gasteiger partial charge in [0.05, 0.1) is 13.2 Å². The number of nitrogens with zero attached hydrogens (tertiary/aromatic N) is 1. The molecule has 0 saturated carbocycles. The molecule has 0 aliphatic carbocycles. The molecule has 2 heterocycles. The number of amides is 1. The first-order valence-electron chi connectivity index (χ1n) is 6.50. The van der Waals surface area contributed by atoms with Gasteiger partial charge in [0.2, 0.25) is 0 Å². The molecule has 2 saturated heterocycles. The number of fused-ring (bicyclic) bond motifs is 1. The molecule has 0 bridgehead atoms. The highest BCUT2D eigenvalue weighted by Gasteiger charge is 2.45. The van der Waals surface area contributed by atoms with Crippen molar-refractivity contribution in [2.24, 2.45) is 5.92 Å². The lowest BCUT2D eigenvalue weighted by Crippen LogP contribution is -2.41. The predicted molar refractivity (Wildman–Crippen MR) is 64.0 cm³/mol. The van der Waals surface area contributed by atoms with E-state index in [4.69, 9.17) is 9.47 Å². The van der Waals surface area contributed by atoms with Gasteiger partial charge in [-0.2, -0.15) is 0 Å². The van der Waals surface area contributed by atoms with Crippen LogP contribution in [0.3, 0.4) is 0 Å². The van der Waals surface area contributed by atoms with Crippen LogP contribution in [0.1, 0.15) is 20.3 Å². The summed E-state index contributed by atoms with van der Waals surface area (Å²) in [6.07, 6.45) is 0.473. The second-order valence-electron chi connectivity index (χ2n) is 4.68. The lowest BCUT2D eigenvalue weighted by molar-refractivity contribution is -0.145. The quantitative estimate of drug-likeness (QED) is 0.739. The highest BCUT2D eigenvalue weighted by molar-refractivity contribution is 5.76. The summed E-state index contributed by atoms with van der Waals surface area (Å²) in [4.78, 5) is 24.9. The van der Waals surface area contributed by atoms with E-state index in [0.29, 0.717) is 32.2 Å². The highest BCUT2D eigenvalue weighted by Crippen LogP contribution is 2.28. The zero-order valence-corrected chi connectivity index (χ0v) is 10.8.